The molecule has 0 aliphatic carbocycles. The Balaban J connectivity index is 1.53. The number of cyclic esters (lactones) is 1. The molecule has 0 amide bonds. The van der Waals surface area contributed by atoms with E-state index in [1.54, 1.807) is 6.08 Å². The average Bonchev–Trinajstić information content (AvgIpc) is 3.20. The first-order valence-corrected chi connectivity index (χ1v) is 12.3. The fourth-order valence-corrected chi connectivity index (χ4v) is 3.80. The van der Waals surface area contributed by atoms with E-state index in [2.05, 4.69) is 41.4 Å². The van der Waals surface area contributed by atoms with Crippen LogP contribution >= 0.6 is 22.6 Å². The standard InChI is InChI=1S/C28H26INO4/c1-4-32-26-16-20(7-14-25(26)33-17-19-5-12-23(29)13-6-19)15-24-28(31)34-27(30-24)22-10-8-21(9-11-22)18(2)3/h5-16,18H,4,17H2,1-3H3/b24-15-. The molecular formula is C28H26INO4. The second kappa shape index (κ2) is 10.9. The summed E-state index contributed by atoms with van der Waals surface area (Å²) >= 11 is 2.28. The number of benzene rings is 3. The molecule has 0 fully saturated rings. The molecule has 0 bridgehead atoms. The summed E-state index contributed by atoms with van der Waals surface area (Å²) in [6, 6.07) is 21.7. The quantitative estimate of drug-likeness (QED) is 0.172. The first-order chi connectivity index (χ1) is 16.4. The summed E-state index contributed by atoms with van der Waals surface area (Å²) in [5, 5.41) is 0. The molecule has 0 saturated carbocycles. The summed E-state index contributed by atoms with van der Waals surface area (Å²) < 4.78 is 18.4. The van der Waals surface area contributed by atoms with Crippen molar-refractivity contribution in [1.29, 1.82) is 0 Å². The predicted molar refractivity (Wildman–Crippen MR) is 142 cm³/mol. The SMILES string of the molecule is CCOc1cc(/C=C2\N=C(c3ccc(C(C)C)cc3)OC2=O)ccc1OCc1ccc(I)cc1. The summed E-state index contributed by atoms with van der Waals surface area (Å²) in [6.45, 7) is 7.13. The van der Waals surface area contributed by atoms with Crippen molar-refractivity contribution in [2.75, 3.05) is 6.61 Å². The highest BCUT2D eigenvalue weighted by molar-refractivity contribution is 14.1. The maximum atomic E-state index is 12.4. The molecule has 0 spiro atoms. The summed E-state index contributed by atoms with van der Waals surface area (Å²) in [4.78, 5) is 16.9. The molecule has 5 nitrogen and oxygen atoms in total. The first-order valence-electron chi connectivity index (χ1n) is 11.2. The fourth-order valence-electron chi connectivity index (χ4n) is 3.44. The van der Waals surface area contributed by atoms with Crippen molar-refractivity contribution >= 4 is 40.5 Å². The monoisotopic (exact) mass is 567 g/mol. The summed E-state index contributed by atoms with van der Waals surface area (Å²) in [5.74, 6) is 1.53. The van der Waals surface area contributed by atoms with E-state index in [1.807, 2.05) is 73.7 Å². The Morgan fingerprint density at radius 1 is 0.971 bits per heavy atom. The molecule has 3 aromatic carbocycles. The van der Waals surface area contributed by atoms with Crippen LogP contribution in [0.4, 0.5) is 0 Å². The second-order valence-corrected chi connectivity index (χ2v) is 9.41. The number of halogens is 1. The van der Waals surface area contributed by atoms with Crippen LogP contribution in [0.5, 0.6) is 11.5 Å². The molecule has 34 heavy (non-hydrogen) atoms. The summed E-state index contributed by atoms with van der Waals surface area (Å²) in [7, 11) is 0. The number of carbonyl (C=O) groups excluding carboxylic acids is 1. The predicted octanol–water partition coefficient (Wildman–Crippen LogP) is 6.74. The van der Waals surface area contributed by atoms with Crippen LogP contribution in [0, 0.1) is 3.57 Å². The zero-order chi connectivity index (χ0) is 24.1. The van der Waals surface area contributed by atoms with Crippen molar-refractivity contribution < 1.29 is 19.0 Å². The van der Waals surface area contributed by atoms with Crippen LogP contribution in [0.3, 0.4) is 0 Å². The molecule has 0 atom stereocenters. The van der Waals surface area contributed by atoms with Gasteiger partial charge in [0.1, 0.15) is 6.61 Å². The van der Waals surface area contributed by atoms with Crippen molar-refractivity contribution in [2.45, 2.75) is 33.3 Å². The van der Waals surface area contributed by atoms with Crippen LogP contribution in [0.1, 0.15) is 48.9 Å². The van der Waals surface area contributed by atoms with Crippen LogP contribution in [-0.2, 0) is 16.1 Å². The number of esters is 1. The van der Waals surface area contributed by atoms with Gasteiger partial charge >= 0.3 is 5.97 Å². The van der Waals surface area contributed by atoms with Gasteiger partial charge in [0.25, 0.3) is 0 Å². The van der Waals surface area contributed by atoms with Crippen LogP contribution in [-0.4, -0.2) is 18.5 Å². The summed E-state index contributed by atoms with van der Waals surface area (Å²) in [6.07, 6.45) is 1.70. The van der Waals surface area contributed by atoms with Gasteiger partial charge in [0.15, 0.2) is 17.2 Å². The van der Waals surface area contributed by atoms with E-state index in [0.717, 1.165) is 16.7 Å². The third-order valence-electron chi connectivity index (χ3n) is 5.32. The lowest BCUT2D eigenvalue weighted by Crippen LogP contribution is -2.05. The van der Waals surface area contributed by atoms with Crippen LogP contribution in [0.2, 0.25) is 0 Å². The van der Waals surface area contributed by atoms with E-state index >= 15 is 0 Å². The Morgan fingerprint density at radius 2 is 1.71 bits per heavy atom. The highest BCUT2D eigenvalue weighted by atomic mass is 127. The maximum absolute atomic E-state index is 12.4. The molecule has 3 aromatic rings. The van der Waals surface area contributed by atoms with E-state index in [-0.39, 0.29) is 5.70 Å². The van der Waals surface area contributed by atoms with Crippen LogP contribution < -0.4 is 9.47 Å². The van der Waals surface area contributed by atoms with Crippen LogP contribution in [0.25, 0.3) is 6.08 Å². The van der Waals surface area contributed by atoms with Crippen molar-refractivity contribution in [2.24, 2.45) is 4.99 Å². The Bertz CT molecular complexity index is 1230. The molecule has 0 saturated heterocycles. The summed E-state index contributed by atoms with van der Waals surface area (Å²) in [5.41, 5.74) is 4.09. The van der Waals surface area contributed by atoms with Crippen LogP contribution in [0.15, 0.2) is 77.4 Å². The third kappa shape index (κ3) is 5.86. The van der Waals surface area contributed by atoms with Crippen molar-refractivity contribution in [3.05, 3.63) is 98.3 Å². The molecular weight excluding hydrogens is 541 g/mol. The molecule has 1 aliphatic rings. The lowest BCUT2D eigenvalue weighted by atomic mass is 10.0. The molecule has 0 radical (unpaired) electrons. The van der Waals surface area contributed by atoms with E-state index < -0.39 is 5.97 Å². The normalized spacial score (nSPS) is 14.3. The number of hydrogen-bond donors (Lipinski definition) is 0. The van der Waals surface area contributed by atoms with Crippen molar-refractivity contribution in [3.63, 3.8) is 0 Å². The van der Waals surface area contributed by atoms with Gasteiger partial charge in [0, 0.05) is 9.13 Å². The lowest BCUT2D eigenvalue weighted by molar-refractivity contribution is -0.129. The van der Waals surface area contributed by atoms with E-state index in [0.29, 0.717) is 36.5 Å². The molecule has 4 rings (SSSR count). The minimum absolute atomic E-state index is 0.248. The molecule has 174 valence electrons. The third-order valence-corrected chi connectivity index (χ3v) is 6.04. The molecule has 0 aromatic heterocycles. The molecule has 1 heterocycles. The zero-order valence-electron chi connectivity index (χ0n) is 19.4. The van der Waals surface area contributed by atoms with Gasteiger partial charge in [-0.3, -0.25) is 0 Å². The number of nitrogens with zero attached hydrogens (tertiary/aromatic N) is 1. The molecule has 0 N–H and O–H groups in total. The van der Waals surface area contributed by atoms with Gasteiger partial charge in [-0.1, -0.05) is 44.2 Å². The van der Waals surface area contributed by atoms with E-state index in [1.165, 1.54) is 9.13 Å². The Labute approximate surface area is 213 Å². The molecule has 1 aliphatic heterocycles. The minimum atomic E-state index is -0.472. The largest absolute Gasteiger partial charge is 0.490 e. The smallest absolute Gasteiger partial charge is 0.363 e. The maximum Gasteiger partial charge on any atom is 0.363 e. The molecule has 6 heteroatoms. The van der Waals surface area contributed by atoms with Gasteiger partial charge in [0.2, 0.25) is 5.90 Å². The lowest BCUT2D eigenvalue weighted by Gasteiger charge is -2.13. The van der Waals surface area contributed by atoms with Crippen molar-refractivity contribution in [1.82, 2.24) is 0 Å². The highest BCUT2D eigenvalue weighted by Crippen LogP contribution is 2.31. The second-order valence-electron chi connectivity index (χ2n) is 8.17. The van der Waals surface area contributed by atoms with Crippen molar-refractivity contribution in [3.8, 4) is 11.5 Å². The number of hydrogen-bond acceptors (Lipinski definition) is 5. The van der Waals surface area contributed by atoms with Gasteiger partial charge in [-0.2, -0.15) is 0 Å². The van der Waals surface area contributed by atoms with E-state index in [4.69, 9.17) is 14.2 Å². The van der Waals surface area contributed by atoms with Gasteiger partial charge in [-0.15, -0.1) is 0 Å². The number of ether oxygens (including phenoxy) is 3. The number of rotatable bonds is 8. The first kappa shape index (κ1) is 24.0. The van der Waals surface area contributed by atoms with Gasteiger partial charge in [-0.25, -0.2) is 9.79 Å². The average molecular weight is 567 g/mol. The highest BCUT2D eigenvalue weighted by Gasteiger charge is 2.24. The Hall–Kier alpha value is -3.13. The van der Waals surface area contributed by atoms with Gasteiger partial charge in [-0.05, 0) is 94.6 Å². The van der Waals surface area contributed by atoms with Gasteiger partial charge in [0.05, 0.1) is 6.61 Å². The topological polar surface area (TPSA) is 57.1 Å². The van der Waals surface area contributed by atoms with E-state index in [9.17, 15) is 4.79 Å². The zero-order valence-corrected chi connectivity index (χ0v) is 21.5. The Morgan fingerprint density at radius 3 is 2.38 bits per heavy atom. The minimum Gasteiger partial charge on any atom is -0.490 e. The fraction of sp³-hybridized carbons (Fsp3) is 0.214. The Kier molecular flexibility index (Phi) is 7.67. The van der Waals surface area contributed by atoms with Gasteiger partial charge < -0.3 is 14.2 Å². The number of carbonyl (C=O) groups is 1. The number of aliphatic imine (C=N–C) groups is 1. The molecule has 0 unspecified atom stereocenters.